The molecule has 0 bridgehead atoms. The van der Waals surface area contributed by atoms with E-state index in [1.54, 1.807) is 12.4 Å². The Morgan fingerprint density at radius 2 is 1.43 bits per heavy atom. The van der Waals surface area contributed by atoms with Crippen molar-refractivity contribution < 1.29 is 0 Å². The summed E-state index contributed by atoms with van der Waals surface area (Å²) in [5.74, 6) is 2.85. The first-order valence-electron chi connectivity index (χ1n) is 8.24. The third-order valence-corrected chi connectivity index (χ3v) is 4.49. The Morgan fingerprint density at radius 3 is 2.13 bits per heavy atom. The van der Waals surface area contributed by atoms with Crippen LogP contribution < -0.4 is 14.7 Å². The molecule has 4 heterocycles. The van der Waals surface area contributed by atoms with Crippen LogP contribution in [0.1, 0.15) is 12.8 Å². The van der Waals surface area contributed by atoms with E-state index in [-0.39, 0.29) is 0 Å². The largest absolute Gasteiger partial charge is 0.353 e. The van der Waals surface area contributed by atoms with E-state index in [0.717, 1.165) is 56.9 Å². The molecule has 2 aromatic heterocycles. The summed E-state index contributed by atoms with van der Waals surface area (Å²) in [4.78, 5) is 24.6. The zero-order valence-electron chi connectivity index (χ0n) is 13.2. The van der Waals surface area contributed by atoms with Gasteiger partial charge in [-0.25, -0.2) is 9.97 Å². The van der Waals surface area contributed by atoms with Gasteiger partial charge in [0.2, 0.25) is 5.95 Å². The Bertz CT molecular complexity index is 634. The van der Waals surface area contributed by atoms with Crippen molar-refractivity contribution in [3.63, 3.8) is 0 Å². The SMILES string of the molecule is c1cnc(N2CCN(c3ccnc(N4CCCC4)n3)CC2)cn1. The first-order valence-corrected chi connectivity index (χ1v) is 8.24. The minimum Gasteiger partial charge on any atom is -0.353 e. The van der Waals surface area contributed by atoms with E-state index in [9.17, 15) is 0 Å². The second kappa shape index (κ2) is 6.36. The predicted octanol–water partition coefficient (Wildman–Crippen LogP) is 1.19. The zero-order valence-corrected chi connectivity index (χ0v) is 13.2. The molecule has 2 aromatic rings. The average molecular weight is 311 g/mol. The molecule has 23 heavy (non-hydrogen) atoms. The summed E-state index contributed by atoms with van der Waals surface area (Å²) in [6.45, 7) is 5.89. The molecular formula is C16H21N7. The van der Waals surface area contributed by atoms with Crippen LogP contribution in [0.15, 0.2) is 30.9 Å². The lowest BCUT2D eigenvalue weighted by molar-refractivity contribution is 0.639. The predicted molar refractivity (Wildman–Crippen MR) is 89.9 cm³/mol. The van der Waals surface area contributed by atoms with Gasteiger partial charge in [0, 0.05) is 57.9 Å². The third-order valence-electron chi connectivity index (χ3n) is 4.49. The molecule has 4 rings (SSSR count). The molecule has 0 saturated carbocycles. The quantitative estimate of drug-likeness (QED) is 0.844. The third kappa shape index (κ3) is 3.04. The van der Waals surface area contributed by atoms with Gasteiger partial charge >= 0.3 is 0 Å². The van der Waals surface area contributed by atoms with Crippen LogP contribution in [0.2, 0.25) is 0 Å². The molecular weight excluding hydrogens is 290 g/mol. The summed E-state index contributed by atoms with van der Waals surface area (Å²) in [6.07, 6.45) is 9.64. The lowest BCUT2D eigenvalue weighted by atomic mass is 10.3. The smallest absolute Gasteiger partial charge is 0.227 e. The van der Waals surface area contributed by atoms with Gasteiger partial charge in [0.25, 0.3) is 0 Å². The number of aromatic nitrogens is 4. The van der Waals surface area contributed by atoms with Crippen LogP contribution in [0.4, 0.5) is 17.6 Å². The molecule has 0 radical (unpaired) electrons. The van der Waals surface area contributed by atoms with Crippen LogP contribution >= 0.6 is 0 Å². The fourth-order valence-corrected chi connectivity index (χ4v) is 3.20. The molecule has 0 aromatic carbocycles. The van der Waals surface area contributed by atoms with Crippen molar-refractivity contribution in [3.05, 3.63) is 30.9 Å². The summed E-state index contributed by atoms with van der Waals surface area (Å²) in [7, 11) is 0. The highest BCUT2D eigenvalue weighted by Gasteiger charge is 2.21. The molecule has 0 unspecified atom stereocenters. The number of rotatable bonds is 3. The minimum absolute atomic E-state index is 0.872. The maximum absolute atomic E-state index is 4.77. The van der Waals surface area contributed by atoms with Gasteiger partial charge in [0.05, 0.1) is 6.20 Å². The molecule has 2 fully saturated rings. The van der Waals surface area contributed by atoms with E-state index in [4.69, 9.17) is 4.98 Å². The molecule has 2 aliphatic rings. The first kappa shape index (κ1) is 14.2. The second-order valence-electron chi connectivity index (χ2n) is 5.95. The number of piperazine rings is 1. The molecule has 0 spiro atoms. The van der Waals surface area contributed by atoms with E-state index in [2.05, 4.69) is 29.7 Å². The number of hydrogen-bond acceptors (Lipinski definition) is 7. The summed E-state index contributed by atoms with van der Waals surface area (Å²) >= 11 is 0. The van der Waals surface area contributed by atoms with Crippen LogP contribution in [0.3, 0.4) is 0 Å². The minimum atomic E-state index is 0.872. The van der Waals surface area contributed by atoms with Crippen LogP contribution in [0.5, 0.6) is 0 Å². The van der Waals surface area contributed by atoms with Crippen LogP contribution in [-0.2, 0) is 0 Å². The van der Waals surface area contributed by atoms with E-state index in [0.29, 0.717) is 0 Å². The fourth-order valence-electron chi connectivity index (χ4n) is 3.20. The molecule has 0 amide bonds. The van der Waals surface area contributed by atoms with Gasteiger partial charge in [-0.2, -0.15) is 4.98 Å². The average Bonchev–Trinajstić information content (AvgIpc) is 3.18. The highest BCUT2D eigenvalue weighted by molar-refractivity contribution is 5.47. The molecule has 0 N–H and O–H groups in total. The monoisotopic (exact) mass is 311 g/mol. The topological polar surface area (TPSA) is 61.3 Å². The van der Waals surface area contributed by atoms with Crippen molar-refractivity contribution in [1.82, 2.24) is 19.9 Å². The lowest BCUT2D eigenvalue weighted by Gasteiger charge is -2.36. The normalized spacial score (nSPS) is 18.5. The van der Waals surface area contributed by atoms with Gasteiger partial charge in [-0.3, -0.25) is 4.98 Å². The van der Waals surface area contributed by atoms with E-state index < -0.39 is 0 Å². The van der Waals surface area contributed by atoms with Gasteiger partial charge < -0.3 is 14.7 Å². The first-order chi connectivity index (χ1) is 11.4. The Kier molecular flexibility index (Phi) is 3.92. The highest BCUT2D eigenvalue weighted by Crippen LogP contribution is 2.20. The van der Waals surface area contributed by atoms with Gasteiger partial charge in [-0.05, 0) is 18.9 Å². The van der Waals surface area contributed by atoms with Crippen molar-refractivity contribution in [1.29, 1.82) is 0 Å². The van der Waals surface area contributed by atoms with Gasteiger partial charge in [0.1, 0.15) is 11.6 Å². The van der Waals surface area contributed by atoms with Crippen molar-refractivity contribution in [2.24, 2.45) is 0 Å². The van der Waals surface area contributed by atoms with Crippen LogP contribution in [0, 0.1) is 0 Å². The molecule has 7 heteroatoms. The van der Waals surface area contributed by atoms with E-state index >= 15 is 0 Å². The molecule has 0 atom stereocenters. The Balaban J connectivity index is 1.43. The highest BCUT2D eigenvalue weighted by atomic mass is 15.3. The summed E-state index contributed by atoms with van der Waals surface area (Å²) in [5.41, 5.74) is 0. The summed E-state index contributed by atoms with van der Waals surface area (Å²) in [6, 6.07) is 2.01. The Hall–Kier alpha value is -2.44. The molecule has 120 valence electrons. The van der Waals surface area contributed by atoms with Crippen molar-refractivity contribution in [2.75, 3.05) is 54.0 Å². The maximum Gasteiger partial charge on any atom is 0.227 e. The summed E-state index contributed by atoms with van der Waals surface area (Å²) in [5, 5.41) is 0. The number of nitrogens with zero attached hydrogens (tertiary/aromatic N) is 7. The maximum atomic E-state index is 4.77. The van der Waals surface area contributed by atoms with Gasteiger partial charge in [-0.15, -0.1) is 0 Å². The Morgan fingerprint density at radius 1 is 0.696 bits per heavy atom. The molecule has 7 nitrogen and oxygen atoms in total. The van der Waals surface area contributed by atoms with Crippen molar-refractivity contribution >= 4 is 17.6 Å². The van der Waals surface area contributed by atoms with E-state index in [1.807, 2.05) is 18.5 Å². The molecule has 2 saturated heterocycles. The summed E-state index contributed by atoms with van der Waals surface area (Å²) < 4.78 is 0. The fraction of sp³-hybridized carbons (Fsp3) is 0.500. The molecule has 2 aliphatic heterocycles. The van der Waals surface area contributed by atoms with Crippen molar-refractivity contribution in [2.45, 2.75) is 12.8 Å². The van der Waals surface area contributed by atoms with Crippen LogP contribution in [0.25, 0.3) is 0 Å². The Labute approximate surface area is 136 Å². The number of anilines is 3. The standard InChI is InChI=1S/C16H21N7/c1-2-8-23(7-1)16-19-4-3-14(20-16)21-9-11-22(12-10-21)15-13-17-5-6-18-15/h3-6,13H,1-2,7-12H2. The van der Waals surface area contributed by atoms with Gasteiger partial charge in [-0.1, -0.05) is 0 Å². The van der Waals surface area contributed by atoms with Gasteiger partial charge in [0.15, 0.2) is 0 Å². The second-order valence-corrected chi connectivity index (χ2v) is 5.95. The number of hydrogen-bond donors (Lipinski definition) is 0. The van der Waals surface area contributed by atoms with E-state index in [1.165, 1.54) is 12.8 Å². The zero-order chi connectivity index (χ0) is 15.5. The van der Waals surface area contributed by atoms with Crippen molar-refractivity contribution in [3.8, 4) is 0 Å². The van der Waals surface area contributed by atoms with Crippen LogP contribution in [-0.4, -0.2) is 59.2 Å². The lowest BCUT2D eigenvalue weighted by Crippen LogP contribution is -2.47. The molecule has 0 aliphatic carbocycles.